The lowest BCUT2D eigenvalue weighted by Crippen LogP contribution is -2.31. The van der Waals surface area contributed by atoms with Crippen molar-refractivity contribution < 1.29 is 14.3 Å². The lowest BCUT2D eigenvalue weighted by Gasteiger charge is -2.19. The van der Waals surface area contributed by atoms with Crippen molar-refractivity contribution in [1.29, 1.82) is 0 Å². The predicted molar refractivity (Wildman–Crippen MR) is 115 cm³/mol. The molecule has 0 aliphatic rings. The number of thioether (sulfide) groups is 1. The molecule has 0 spiro atoms. The second-order valence-corrected chi connectivity index (χ2v) is 8.32. The molecule has 0 bridgehead atoms. The molecule has 5 heteroatoms. The van der Waals surface area contributed by atoms with E-state index in [9.17, 15) is 9.59 Å². The Bertz CT molecular complexity index is 719. The Morgan fingerprint density at radius 2 is 1.57 bits per heavy atom. The van der Waals surface area contributed by atoms with Gasteiger partial charge in [0.2, 0.25) is 0 Å². The first-order valence-electron chi connectivity index (χ1n) is 9.67. The van der Waals surface area contributed by atoms with Crippen LogP contribution in [0.3, 0.4) is 0 Å². The van der Waals surface area contributed by atoms with Crippen LogP contribution < -0.4 is 5.32 Å². The van der Waals surface area contributed by atoms with Crippen LogP contribution in [0.1, 0.15) is 37.8 Å². The largest absolute Gasteiger partial charge is 0.445 e. The molecule has 1 atom stereocenters. The van der Waals surface area contributed by atoms with E-state index in [1.165, 1.54) is 11.8 Å². The van der Waals surface area contributed by atoms with Gasteiger partial charge in [-0.25, -0.2) is 4.79 Å². The first kappa shape index (κ1) is 22.0. The number of benzene rings is 2. The van der Waals surface area contributed by atoms with Crippen LogP contribution in [0.2, 0.25) is 0 Å². The van der Waals surface area contributed by atoms with Gasteiger partial charge in [0.05, 0.1) is 0 Å². The van der Waals surface area contributed by atoms with Gasteiger partial charge in [0.25, 0.3) is 0 Å². The van der Waals surface area contributed by atoms with Gasteiger partial charge in [0.1, 0.15) is 6.61 Å². The highest BCUT2D eigenvalue weighted by Crippen LogP contribution is 2.21. The zero-order chi connectivity index (χ0) is 20.2. The van der Waals surface area contributed by atoms with Crippen LogP contribution in [0.4, 0.5) is 4.79 Å². The van der Waals surface area contributed by atoms with Crippen molar-refractivity contribution >= 4 is 23.0 Å². The molecule has 0 fully saturated rings. The maximum Gasteiger partial charge on any atom is 0.407 e. The van der Waals surface area contributed by atoms with Gasteiger partial charge in [-0.05, 0) is 29.4 Å². The molecule has 2 aromatic rings. The fourth-order valence-corrected chi connectivity index (χ4v) is 3.81. The SMILES string of the molecule is CC(C)C[C@H](CNC(=O)OCc1ccccc1)CC(=O)SCc1ccccc1. The standard InChI is InChI=1S/C23H29NO3S/c1-18(2)13-21(14-22(25)28-17-20-11-7-4-8-12-20)15-24-23(26)27-16-19-9-5-3-6-10-19/h3-12,18,21H,13-17H2,1-2H3,(H,24,26)/t21-/m0/s1. The van der Waals surface area contributed by atoms with Gasteiger partial charge in [0.15, 0.2) is 5.12 Å². The van der Waals surface area contributed by atoms with Gasteiger partial charge in [0, 0.05) is 18.7 Å². The van der Waals surface area contributed by atoms with Crippen molar-refractivity contribution in [3.05, 3.63) is 71.8 Å². The maximum absolute atomic E-state index is 12.4. The Kier molecular flexibility index (Phi) is 9.63. The Morgan fingerprint density at radius 3 is 2.18 bits per heavy atom. The van der Waals surface area contributed by atoms with Gasteiger partial charge in [-0.3, -0.25) is 4.79 Å². The molecule has 0 aromatic heterocycles. The zero-order valence-corrected chi connectivity index (χ0v) is 17.4. The Balaban J connectivity index is 1.75. The summed E-state index contributed by atoms with van der Waals surface area (Å²) in [5.41, 5.74) is 2.09. The van der Waals surface area contributed by atoms with Crippen LogP contribution in [-0.2, 0) is 21.9 Å². The number of ether oxygens (including phenoxy) is 1. The van der Waals surface area contributed by atoms with Gasteiger partial charge in [-0.1, -0.05) is 86.3 Å². The smallest absolute Gasteiger partial charge is 0.407 e. The van der Waals surface area contributed by atoms with E-state index in [4.69, 9.17) is 4.74 Å². The highest BCUT2D eigenvalue weighted by molar-refractivity contribution is 8.12. The van der Waals surface area contributed by atoms with Crippen LogP contribution in [-0.4, -0.2) is 17.8 Å². The second-order valence-electron chi connectivity index (χ2n) is 7.29. The van der Waals surface area contributed by atoms with E-state index in [1.54, 1.807) is 0 Å². The van der Waals surface area contributed by atoms with Crippen molar-refractivity contribution in [2.75, 3.05) is 6.54 Å². The minimum absolute atomic E-state index is 0.111. The average Bonchev–Trinajstić information content (AvgIpc) is 2.70. The lowest BCUT2D eigenvalue weighted by atomic mass is 9.94. The molecule has 2 rings (SSSR count). The highest BCUT2D eigenvalue weighted by Gasteiger charge is 2.17. The van der Waals surface area contributed by atoms with E-state index in [1.807, 2.05) is 60.7 Å². The molecular formula is C23H29NO3S. The van der Waals surface area contributed by atoms with Crippen LogP contribution in [0.15, 0.2) is 60.7 Å². The van der Waals surface area contributed by atoms with Crippen LogP contribution in [0, 0.1) is 11.8 Å². The number of amides is 1. The Morgan fingerprint density at radius 1 is 0.964 bits per heavy atom. The molecule has 0 unspecified atom stereocenters. The van der Waals surface area contributed by atoms with Gasteiger partial charge < -0.3 is 10.1 Å². The van der Waals surface area contributed by atoms with E-state index in [2.05, 4.69) is 19.2 Å². The van der Waals surface area contributed by atoms with Crippen LogP contribution >= 0.6 is 11.8 Å². The number of nitrogens with one attached hydrogen (secondary N) is 1. The third-order valence-electron chi connectivity index (χ3n) is 4.25. The van der Waals surface area contributed by atoms with Crippen LogP contribution in [0.5, 0.6) is 0 Å². The first-order chi connectivity index (χ1) is 13.5. The van der Waals surface area contributed by atoms with E-state index in [-0.39, 0.29) is 17.6 Å². The predicted octanol–water partition coefficient (Wildman–Crippen LogP) is 5.43. The highest BCUT2D eigenvalue weighted by atomic mass is 32.2. The van der Waals surface area contributed by atoms with Crippen molar-refractivity contribution in [2.24, 2.45) is 11.8 Å². The molecular weight excluding hydrogens is 370 g/mol. The molecule has 1 N–H and O–H groups in total. The lowest BCUT2D eigenvalue weighted by molar-refractivity contribution is -0.111. The molecule has 0 saturated heterocycles. The first-order valence-corrected chi connectivity index (χ1v) is 10.7. The van der Waals surface area contributed by atoms with E-state index in [0.29, 0.717) is 24.6 Å². The number of rotatable bonds is 10. The summed E-state index contributed by atoms with van der Waals surface area (Å²) in [6.07, 6.45) is 0.896. The monoisotopic (exact) mass is 399 g/mol. The normalized spacial score (nSPS) is 11.8. The molecule has 0 radical (unpaired) electrons. The summed E-state index contributed by atoms with van der Waals surface area (Å²) in [6.45, 7) is 4.95. The number of hydrogen-bond donors (Lipinski definition) is 1. The molecule has 0 saturated carbocycles. The van der Waals surface area contributed by atoms with Crippen molar-refractivity contribution in [2.45, 2.75) is 39.0 Å². The third kappa shape index (κ3) is 9.09. The molecule has 0 heterocycles. The summed E-state index contributed by atoms with van der Waals surface area (Å²) >= 11 is 1.34. The number of carbonyl (C=O) groups is 2. The molecule has 4 nitrogen and oxygen atoms in total. The van der Waals surface area contributed by atoms with Gasteiger partial charge in [-0.15, -0.1) is 0 Å². The maximum atomic E-state index is 12.4. The summed E-state index contributed by atoms with van der Waals surface area (Å²) in [5, 5.41) is 2.98. The van der Waals surface area contributed by atoms with Gasteiger partial charge >= 0.3 is 6.09 Å². The zero-order valence-electron chi connectivity index (χ0n) is 16.6. The second kappa shape index (κ2) is 12.2. The molecule has 1 amide bonds. The summed E-state index contributed by atoms with van der Waals surface area (Å²) < 4.78 is 5.25. The molecule has 2 aromatic carbocycles. The number of alkyl carbamates (subject to hydrolysis) is 1. The van der Waals surface area contributed by atoms with Crippen molar-refractivity contribution in [3.63, 3.8) is 0 Å². The number of carbonyl (C=O) groups excluding carboxylic acids is 2. The summed E-state index contributed by atoms with van der Waals surface area (Å²) in [5.74, 6) is 1.25. The fraction of sp³-hybridized carbons (Fsp3) is 0.391. The van der Waals surface area contributed by atoms with E-state index >= 15 is 0 Å². The molecule has 0 aliphatic heterocycles. The van der Waals surface area contributed by atoms with Crippen molar-refractivity contribution in [1.82, 2.24) is 5.32 Å². The van der Waals surface area contributed by atoms with Gasteiger partial charge in [-0.2, -0.15) is 0 Å². The molecule has 28 heavy (non-hydrogen) atoms. The summed E-state index contributed by atoms with van der Waals surface area (Å²) in [6, 6.07) is 19.5. The number of hydrogen-bond acceptors (Lipinski definition) is 4. The topological polar surface area (TPSA) is 55.4 Å². The van der Waals surface area contributed by atoms with Crippen LogP contribution in [0.25, 0.3) is 0 Å². The molecule has 150 valence electrons. The Hall–Kier alpha value is -2.27. The minimum Gasteiger partial charge on any atom is -0.445 e. The van der Waals surface area contributed by atoms with Crippen molar-refractivity contribution in [3.8, 4) is 0 Å². The quantitative estimate of drug-likeness (QED) is 0.579. The Labute approximate surface area is 172 Å². The minimum atomic E-state index is -0.443. The summed E-state index contributed by atoms with van der Waals surface area (Å²) in [4.78, 5) is 24.4. The average molecular weight is 400 g/mol. The third-order valence-corrected chi connectivity index (χ3v) is 5.22. The van der Waals surface area contributed by atoms with E-state index in [0.717, 1.165) is 17.5 Å². The molecule has 0 aliphatic carbocycles. The summed E-state index contributed by atoms with van der Waals surface area (Å²) in [7, 11) is 0. The van der Waals surface area contributed by atoms with E-state index < -0.39 is 6.09 Å². The fourth-order valence-electron chi connectivity index (χ4n) is 2.94.